The van der Waals surface area contributed by atoms with Gasteiger partial charge in [-0.3, -0.25) is 15.3 Å². The molecule has 4 N–H and O–H groups in total. The van der Waals surface area contributed by atoms with Crippen molar-refractivity contribution in [3.63, 3.8) is 0 Å². The van der Waals surface area contributed by atoms with Crippen molar-refractivity contribution in [2.45, 2.75) is 32.6 Å². The summed E-state index contributed by atoms with van der Waals surface area (Å²) in [5.74, 6) is 0.394. The van der Waals surface area contributed by atoms with Crippen LogP contribution in [0.25, 0.3) is 0 Å². The molecule has 6 nitrogen and oxygen atoms in total. The summed E-state index contributed by atoms with van der Waals surface area (Å²) < 4.78 is 0. The molecule has 1 aromatic rings. The Morgan fingerprint density at radius 2 is 2.29 bits per heavy atom. The van der Waals surface area contributed by atoms with Gasteiger partial charge in [-0.1, -0.05) is 31.4 Å². The smallest absolute Gasteiger partial charge is 0.318 e. The van der Waals surface area contributed by atoms with E-state index < -0.39 is 6.03 Å². The molecular weight excluding hydrogens is 290 g/mol. The first-order valence-electron chi connectivity index (χ1n) is 7.07. The lowest BCUT2D eigenvalue weighted by atomic mass is 10.2. The number of nitrogens with two attached hydrogens (primary N) is 1. The van der Waals surface area contributed by atoms with Gasteiger partial charge >= 0.3 is 6.03 Å². The molecule has 2 amide bonds. The van der Waals surface area contributed by atoms with E-state index in [1.54, 1.807) is 18.3 Å². The maximum absolute atomic E-state index is 10.9. The minimum absolute atomic E-state index is 0.394. The first kappa shape index (κ1) is 17.2. The Balaban J connectivity index is 2.45. The van der Waals surface area contributed by atoms with Gasteiger partial charge in [-0.15, -0.1) is 0 Å². The van der Waals surface area contributed by atoms with Gasteiger partial charge in [-0.2, -0.15) is 0 Å². The van der Waals surface area contributed by atoms with E-state index in [2.05, 4.69) is 27.5 Å². The molecule has 0 bridgehead atoms. The van der Waals surface area contributed by atoms with E-state index >= 15 is 0 Å². The van der Waals surface area contributed by atoms with Gasteiger partial charge in [0.25, 0.3) is 0 Å². The molecule has 1 aromatic heterocycles. The topological polar surface area (TPSA) is 92.4 Å². The van der Waals surface area contributed by atoms with Crippen molar-refractivity contribution in [3.05, 3.63) is 29.0 Å². The lowest BCUT2D eigenvalue weighted by Gasteiger charge is -2.10. The average molecular weight is 312 g/mol. The highest BCUT2D eigenvalue weighted by molar-refractivity contribution is 6.31. The van der Waals surface area contributed by atoms with Crippen LogP contribution in [0.2, 0.25) is 5.02 Å². The molecular formula is C14H22ClN5O. The van der Waals surface area contributed by atoms with Crippen molar-refractivity contribution in [2.24, 2.45) is 10.7 Å². The third-order valence-corrected chi connectivity index (χ3v) is 3.11. The highest BCUT2D eigenvalue weighted by Crippen LogP contribution is 2.11. The van der Waals surface area contributed by atoms with Crippen LogP contribution in [0.3, 0.4) is 0 Å². The molecule has 0 fully saturated rings. The molecule has 1 heterocycles. The van der Waals surface area contributed by atoms with E-state index in [0.717, 1.165) is 25.0 Å². The van der Waals surface area contributed by atoms with Crippen LogP contribution in [-0.2, 0) is 6.42 Å². The predicted octanol–water partition coefficient (Wildman–Crippen LogP) is 2.08. The van der Waals surface area contributed by atoms with Gasteiger partial charge in [0.05, 0.1) is 10.7 Å². The Morgan fingerprint density at radius 3 is 2.95 bits per heavy atom. The fraction of sp³-hybridized carbons (Fsp3) is 0.500. The minimum atomic E-state index is -0.632. The van der Waals surface area contributed by atoms with Crippen molar-refractivity contribution in [2.75, 3.05) is 13.1 Å². The number of rotatable bonds is 7. The SMILES string of the molecule is CCCCCN=C(NCCc1ncccc1Cl)NC(N)=O. The quantitative estimate of drug-likeness (QED) is 0.409. The summed E-state index contributed by atoms with van der Waals surface area (Å²) in [5.41, 5.74) is 5.93. The molecule has 0 spiro atoms. The molecule has 0 saturated heterocycles. The lowest BCUT2D eigenvalue weighted by molar-refractivity contribution is 0.253. The third-order valence-electron chi connectivity index (χ3n) is 2.76. The zero-order chi connectivity index (χ0) is 15.5. The lowest BCUT2D eigenvalue weighted by Crippen LogP contribution is -2.44. The number of nitrogens with one attached hydrogen (secondary N) is 2. The van der Waals surface area contributed by atoms with Crippen molar-refractivity contribution in [3.8, 4) is 0 Å². The Kier molecular flexibility index (Phi) is 8.19. The summed E-state index contributed by atoms with van der Waals surface area (Å²) in [6.45, 7) is 3.34. The Bertz CT molecular complexity index is 478. The van der Waals surface area contributed by atoms with Gasteiger partial charge in [0, 0.05) is 25.7 Å². The molecule has 0 aliphatic heterocycles. The number of hydrogen-bond donors (Lipinski definition) is 3. The number of primary amides is 1. The second-order valence-electron chi connectivity index (χ2n) is 4.54. The Labute approximate surface area is 130 Å². The molecule has 0 unspecified atom stereocenters. The molecule has 116 valence electrons. The Hall–Kier alpha value is -1.82. The van der Waals surface area contributed by atoms with Crippen LogP contribution in [0.4, 0.5) is 4.79 Å². The molecule has 0 aliphatic carbocycles. The van der Waals surface area contributed by atoms with Crippen LogP contribution >= 0.6 is 11.6 Å². The van der Waals surface area contributed by atoms with Gasteiger partial charge < -0.3 is 11.1 Å². The molecule has 0 atom stereocenters. The summed E-state index contributed by atoms with van der Waals surface area (Å²) in [6.07, 6.45) is 5.54. The maximum atomic E-state index is 10.9. The van der Waals surface area contributed by atoms with E-state index in [1.807, 2.05) is 0 Å². The first-order valence-corrected chi connectivity index (χ1v) is 7.45. The molecule has 0 radical (unpaired) electrons. The number of nitrogens with zero attached hydrogens (tertiary/aromatic N) is 2. The number of guanidine groups is 1. The van der Waals surface area contributed by atoms with Crippen molar-refractivity contribution in [1.82, 2.24) is 15.6 Å². The van der Waals surface area contributed by atoms with E-state index in [4.69, 9.17) is 17.3 Å². The summed E-state index contributed by atoms with van der Waals surface area (Å²) in [7, 11) is 0. The number of hydrogen-bond acceptors (Lipinski definition) is 3. The normalized spacial score (nSPS) is 11.2. The second-order valence-corrected chi connectivity index (χ2v) is 4.94. The van der Waals surface area contributed by atoms with Crippen LogP contribution in [0.1, 0.15) is 31.9 Å². The van der Waals surface area contributed by atoms with Gasteiger partial charge in [0.1, 0.15) is 0 Å². The number of amides is 2. The zero-order valence-corrected chi connectivity index (χ0v) is 13.0. The Morgan fingerprint density at radius 1 is 1.48 bits per heavy atom. The predicted molar refractivity (Wildman–Crippen MR) is 85.5 cm³/mol. The largest absolute Gasteiger partial charge is 0.356 e. The third kappa shape index (κ3) is 7.51. The zero-order valence-electron chi connectivity index (χ0n) is 12.2. The fourth-order valence-electron chi connectivity index (χ4n) is 1.71. The number of aromatic nitrogens is 1. The fourth-order valence-corrected chi connectivity index (χ4v) is 1.93. The second kappa shape index (κ2) is 9.99. The van der Waals surface area contributed by atoms with Gasteiger partial charge in [0.15, 0.2) is 5.96 Å². The number of halogens is 1. The average Bonchev–Trinajstić information content (AvgIpc) is 2.45. The summed E-state index contributed by atoms with van der Waals surface area (Å²) in [4.78, 5) is 19.4. The standard InChI is InChI=1S/C14H22ClN5O/c1-2-3-4-8-18-14(20-13(16)21)19-10-7-12-11(15)6-5-9-17-12/h5-6,9H,2-4,7-8,10H2,1H3,(H4,16,18,19,20,21). The van der Waals surface area contributed by atoms with E-state index in [-0.39, 0.29) is 0 Å². The number of aliphatic imine (C=N–C) groups is 1. The van der Waals surface area contributed by atoms with Gasteiger partial charge in [-0.05, 0) is 18.6 Å². The van der Waals surface area contributed by atoms with Crippen molar-refractivity contribution >= 4 is 23.6 Å². The van der Waals surface area contributed by atoms with Gasteiger partial charge in [0.2, 0.25) is 0 Å². The molecule has 1 rings (SSSR count). The summed E-state index contributed by atoms with van der Waals surface area (Å²) in [5, 5.41) is 6.15. The molecule has 21 heavy (non-hydrogen) atoms. The number of unbranched alkanes of at least 4 members (excludes halogenated alkanes) is 2. The molecule has 0 saturated carbocycles. The molecule has 0 aromatic carbocycles. The van der Waals surface area contributed by atoms with Crippen LogP contribution in [0.5, 0.6) is 0 Å². The number of urea groups is 1. The highest BCUT2D eigenvalue weighted by Gasteiger charge is 2.04. The van der Waals surface area contributed by atoms with E-state index in [9.17, 15) is 4.79 Å². The van der Waals surface area contributed by atoms with Crippen LogP contribution < -0.4 is 16.4 Å². The van der Waals surface area contributed by atoms with Crippen LogP contribution in [0.15, 0.2) is 23.3 Å². The van der Waals surface area contributed by atoms with Crippen molar-refractivity contribution < 1.29 is 4.79 Å². The van der Waals surface area contributed by atoms with E-state index in [1.165, 1.54) is 0 Å². The van der Waals surface area contributed by atoms with E-state index in [0.29, 0.717) is 30.5 Å². The molecule has 0 aliphatic rings. The van der Waals surface area contributed by atoms with Crippen LogP contribution in [-0.4, -0.2) is 30.1 Å². The van der Waals surface area contributed by atoms with Gasteiger partial charge in [-0.25, -0.2) is 4.79 Å². The number of carbonyl (C=O) groups excluding carboxylic acids is 1. The minimum Gasteiger partial charge on any atom is -0.356 e. The number of pyridine rings is 1. The molecule has 7 heteroatoms. The summed E-state index contributed by atoms with van der Waals surface area (Å²) in [6, 6.07) is 2.95. The summed E-state index contributed by atoms with van der Waals surface area (Å²) >= 11 is 6.03. The van der Waals surface area contributed by atoms with Crippen LogP contribution in [0, 0.1) is 0 Å². The maximum Gasteiger partial charge on any atom is 0.318 e. The highest BCUT2D eigenvalue weighted by atomic mass is 35.5. The first-order chi connectivity index (χ1) is 10.1. The number of carbonyl (C=O) groups is 1. The van der Waals surface area contributed by atoms with Crippen molar-refractivity contribution in [1.29, 1.82) is 0 Å². The monoisotopic (exact) mass is 311 g/mol.